The molecule has 0 radical (unpaired) electrons. The number of hydrogen-bond donors (Lipinski definition) is 3. The van der Waals surface area contributed by atoms with Crippen LogP contribution in [0.15, 0.2) is 0 Å². The molecule has 0 aliphatic rings. The van der Waals surface area contributed by atoms with Crippen LogP contribution in [0.25, 0.3) is 0 Å². The van der Waals surface area contributed by atoms with Gasteiger partial charge in [-0.25, -0.2) is 0 Å². The van der Waals surface area contributed by atoms with E-state index < -0.39 is 0 Å². The molecule has 3 N–H and O–H groups in total. The number of carbonyl (C=O) groups is 1. The van der Waals surface area contributed by atoms with Crippen molar-refractivity contribution in [2.24, 2.45) is 5.92 Å². The van der Waals surface area contributed by atoms with Crippen LogP contribution in [0.2, 0.25) is 0 Å². The lowest BCUT2D eigenvalue weighted by Crippen LogP contribution is -2.38. The maximum absolute atomic E-state index is 10.9. The fraction of sp³-hybridized carbons (Fsp3) is 0.889. The third-order valence-electron chi connectivity index (χ3n) is 1.78. The number of hydrogen-bond acceptors (Lipinski definition) is 3. The average Bonchev–Trinajstić information content (AvgIpc) is 2.04. The maximum atomic E-state index is 10.9. The van der Waals surface area contributed by atoms with Crippen molar-refractivity contribution in [1.29, 1.82) is 0 Å². The fourth-order valence-electron chi connectivity index (χ4n) is 0.829. The molecule has 13 heavy (non-hydrogen) atoms. The smallest absolute Gasteiger partial charge is 0.233 e. The van der Waals surface area contributed by atoms with Gasteiger partial charge in [-0.3, -0.25) is 4.79 Å². The highest BCUT2D eigenvalue weighted by Gasteiger charge is 2.08. The van der Waals surface area contributed by atoms with Crippen LogP contribution in [0.4, 0.5) is 0 Å². The highest BCUT2D eigenvalue weighted by Crippen LogP contribution is 1.98. The minimum absolute atomic E-state index is 0.0292. The van der Waals surface area contributed by atoms with Gasteiger partial charge in [0.05, 0.1) is 12.6 Å². The van der Waals surface area contributed by atoms with Gasteiger partial charge < -0.3 is 15.7 Å². The Morgan fingerprint density at radius 3 is 2.54 bits per heavy atom. The molecule has 0 bridgehead atoms. The summed E-state index contributed by atoms with van der Waals surface area (Å²) < 4.78 is 0. The number of rotatable bonds is 6. The van der Waals surface area contributed by atoms with E-state index >= 15 is 0 Å². The molecule has 0 aromatic heterocycles. The van der Waals surface area contributed by atoms with Crippen molar-refractivity contribution in [1.82, 2.24) is 10.6 Å². The fourth-order valence-corrected chi connectivity index (χ4v) is 0.829. The lowest BCUT2D eigenvalue weighted by atomic mass is 10.1. The number of amides is 1. The topological polar surface area (TPSA) is 61.4 Å². The molecular formula is C9H20N2O2. The van der Waals surface area contributed by atoms with Crippen molar-refractivity contribution in [2.75, 3.05) is 19.6 Å². The largest absolute Gasteiger partial charge is 0.392 e. The summed E-state index contributed by atoms with van der Waals surface area (Å²) in [5.41, 5.74) is 0. The molecule has 0 aliphatic heterocycles. The Kier molecular flexibility index (Phi) is 6.54. The van der Waals surface area contributed by atoms with Crippen LogP contribution >= 0.6 is 0 Å². The first-order chi connectivity index (χ1) is 6.07. The number of nitrogens with one attached hydrogen (secondary N) is 2. The normalized spacial score (nSPS) is 13.0. The van der Waals surface area contributed by atoms with Crippen molar-refractivity contribution in [3.63, 3.8) is 0 Å². The molecule has 0 saturated heterocycles. The molecule has 4 nitrogen and oxygen atoms in total. The van der Waals surface area contributed by atoms with Crippen LogP contribution in [0.5, 0.6) is 0 Å². The van der Waals surface area contributed by atoms with Gasteiger partial charge in [0, 0.05) is 13.1 Å². The molecule has 0 heterocycles. The number of carbonyl (C=O) groups excluding carboxylic acids is 1. The molecular weight excluding hydrogens is 168 g/mol. The molecule has 0 fully saturated rings. The maximum Gasteiger partial charge on any atom is 0.233 e. The van der Waals surface area contributed by atoms with E-state index in [0.717, 1.165) is 0 Å². The molecule has 1 unspecified atom stereocenters. The SMILES string of the molecule is CCNC(=O)CNCC(O)C(C)C. The number of aliphatic hydroxyl groups is 1. The van der Waals surface area contributed by atoms with Crippen LogP contribution in [-0.4, -0.2) is 36.8 Å². The summed E-state index contributed by atoms with van der Waals surface area (Å²) in [6.45, 7) is 7.15. The minimum atomic E-state index is -0.380. The third kappa shape index (κ3) is 6.54. The van der Waals surface area contributed by atoms with Crippen molar-refractivity contribution < 1.29 is 9.90 Å². The Bertz CT molecular complexity index is 149. The summed E-state index contributed by atoms with van der Waals surface area (Å²) in [7, 11) is 0. The Morgan fingerprint density at radius 2 is 2.08 bits per heavy atom. The van der Waals surface area contributed by atoms with Gasteiger partial charge in [-0.05, 0) is 12.8 Å². The standard InChI is InChI=1S/C9H20N2O2/c1-4-11-9(13)6-10-5-8(12)7(2)3/h7-8,10,12H,4-6H2,1-3H3,(H,11,13). The molecule has 78 valence electrons. The first-order valence-electron chi connectivity index (χ1n) is 4.73. The van der Waals surface area contributed by atoms with Crippen molar-refractivity contribution in [3.05, 3.63) is 0 Å². The predicted octanol–water partition coefficient (Wildman–Crippen LogP) is -0.271. The molecule has 0 aromatic carbocycles. The van der Waals surface area contributed by atoms with Crippen LogP contribution in [0.1, 0.15) is 20.8 Å². The quantitative estimate of drug-likeness (QED) is 0.537. The second-order valence-electron chi connectivity index (χ2n) is 3.40. The highest BCUT2D eigenvalue weighted by molar-refractivity contribution is 5.77. The Hall–Kier alpha value is -0.610. The van der Waals surface area contributed by atoms with Gasteiger partial charge in [0.25, 0.3) is 0 Å². The lowest BCUT2D eigenvalue weighted by molar-refractivity contribution is -0.120. The van der Waals surface area contributed by atoms with E-state index in [1.165, 1.54) is 0 Å². The van der Waals surface area contributed by atoms with E-state index in [9.17, 15) is 9.90 Å². The van der Waals surface area contributed by atoms with Gasteiger partial charge in [-0.2, -0.15) is 0 Å². The lowest BCUT2D eigenvalue weighted by Gasteiger charge is -2.14. The van der Waals surface area contributed by atoms with Crippen molar-refractivity contribution >= 4 is 5.91 Å². The van der Waals surface area contributed by atoms with Crippen LogP contribution in [-0.2, 0) is 4.79 Å². The second kappa shape index (κ2) is 6.86. The molecule has 0 saturated carbocycles. The van der Waals surface area contributed by atoms with Gasteiger partial charge in [-0.1, -0.05) is 13.8 Å². The summed E-state index contributed by atoms with van der Waals surface area (Å²) in [5, 5.41) is 14.9. The van der Waals surface area contributed by atoms with Crippen LogP contribution in [0, 0.1) is 5.92 Å². The molecule has 0 aromatic rings. The zero-order valence-electron chi connectivity index (χ0n) is 8.63. The Balaban J connectivity index is 3.39. The first kappa shape index (κ1) is 12.4. The van der Waals surface area contributed by atoms with Crippen molar-refractivity contribution in [2.45, 2.75) is 26.9 Å². The average molecular weight is 188 g/mol. The third-order valence-corrected chi connectivity index (χ3v) is 1.78. The van der Waals surface area contributed by atoms with Gasteiger partial charge in [0.1, 0.15) is 0 Å². The second-order valence-corrected chi connectivity index (χ2v) is 3.40. The first-order valence-corrected chi connectivity index (χ1v) is 4.73. The highest BCUT2D eigenvalue weighted by atomic mass is 16.3. The predicted molar refractivity (Wildman–Crippen MR) is 52.4 cm³/mol. The molecule has 1 atom stereocenters. The van der Waals surface area contributed by atoms with Crippen molar-refractivity contribution in [3.8, 4) is 0 Å². The van der Waals surface area contributed by atoms with E-state index in [2.05, 4.69) is 10.6 Å². The van der Waals surface area contributed by atoms with E-state index in [0.29, 0.717) is 13.1 Å². The van der Waals surface area contributed by atoms with E-state index in [4.69, 9.17) is 0 Å². The summed E-state index contributed by atoms with van der Waals surface area (Å²) in [6, 6.07) is 0. The summed E-state index contributed by atoms with van der Waals surface area (Å²) in [5.74, 6) is 0.195. The molecule has 1 amide bonds. The zero-order valence-corrected chi connectivity index (χ0v) is 8.63. The summed E-state index contributed by atoms with van der Waals surface area (Å²) in [6.07, 6.45) is -0.380. The van der Waals surface area contributed by atoms with Gasteiger partial charge >= 0.3 is 0 Å². The van der Waals surface area contributed by atoms with Gasteiger partial charge in [0.2, 0.25) is 5.91 Å². The minimum Gasteiger partial charge on any atom is -0.392 e. The van der Waals surface area contributed by atoms with Crippen LogP contribution in [0.3, 0.4) is 0 Å². The Morgan fingerprint density at radius 1 is 1.46 bits per heavy atom. The van der Waals surface area contributed by atoms with Gasteiger partial charge in [-0.15, -0.1) is 0 Å². The molecule has 0 spiro atoms. The van der Waals surface area contributed by atoms with E-state index in [-0.39, 0.29) is 24.5 Å². The van der Waals surface area contributed by atoms with Gasteiger partial charge in [0.15, 0.2) is 0 Å². The number of likely N-dealkylation sites (N-methyl/N-ethyl adjacent to an activating group) is 1. The monoisotopic (exact) mass is 188 g/mol. The summed E-state index contributed by atoms with van der Waals surface area (Å²) in [4.78, 5) is 10.9. The Labute approximate surface area is 79.7 Å². The summed E-state index contributed by atoms with van der Waals surface area (Å²) >= 11 is 0. The molecule has 4 heteroatoms. The molecule has 0 aliphatic carbocycles. The molecule has 0 rings (SSSR count). The van der Waals surface area contributed by atoms with E-state index in [1.807, 2.05) is 20.8 Å². The number of aliphatic hydroxyl groups excluding tert-OH is 1. The zero-order chi connectivity index (χ0) is 10.3. The van der Waals surface area contributed by atoms with E-state index in [1.54, 1.807) is 0 Å². The van der Waals surface area contributed by atoms with Crippen LogP contribution < -0.4 is 10.6 Å².